The Hall–Kier alpha value is -3.25. The van der Waals surface area contributed by atoms with E-state index in [0.717, 1.165) is 12.4 Å². The summed E-state index contributed by atoms with van der Waals surface area (Å²) >= 11 is 5.77. The molecule has 33 heavy (non-hydrogen) atoms. The first kappa shape index (κ1) is 24.4. The molecule has 0 radical (unpaired) electrons. The number of sulfonamides is 1. The van der Waals surface area contributed by atoms with Crippen molar-refractivity contribution in [2.45, 2.75) is 24.9 Å². The molecule has 0 fully saturated rings. The van der Waals surface area contributed by atoms with Crippen molar-refractivity contribution in [1.82, 2.24) is 19.9 Å². The second-order valence-corrected chi connectivity index (χ2v) is 9.13. The lowest BCUT2D eigenvalue weighted by Crippen LogP contribution is -2.19. The molecule has 0 saturated carbocycles. The molecule has 1 atom stereocenters. The lowest BCUT2D eigenvalue weighted by atomic mass is 10.1. The molecule has 0 aliphatic heterocycles. The number of rotatable bonds is 8. The first-order valence-electron chi connectivity index (χ1n) is 9.38. The van der Waals surface area contributed by atoms with E-state index >= 15 is 0 Å². The van der Waals surface area contributed by atoms with Gasteiger partial charge >= 0.3 is 6.18 Å². The van der Waals surface area contributed by atoms with Crippen LogP contribution in [0.1, 0.15) is 29.5 Å². The Morgan fingerprint density at radius 1 is 1.24 bits per heavy atom. The van der Waals surface area contributed by atoms with Gasteiger partial charge in [-0.1, -0.05) is 12.2 Å². The van der Waals surface area contributed by atoms with Crippen LogP contribution in [0.25, 0.3) is 11.0 Å². The zero-order valence-corrected chi connectivity index (χ0v) is 18.5. The quantitative estimate of drug-likeness (QED) is 0.270. The second-order valence-electron chi connectivity index (χ2n) is 6.76. The monoisotopic (exact) mass is 499 g/mol. The highest BCUT2D eigenvalue weighted by molar-refractivity contribution is 7.96. The van der Waals surface area contributed by atoms with Crippen molar-refractivity contribution in [3.8, 4) is 0 Å². The van der Waals surface area contributed by atoms with E-state index < -0.39 is 38.7 Å². The first-order chi connectivity index (χ1) is 15.5. The number of fused-ring (bicyclic) bond motifs is 1. The maximum absolute atomic E-state index is 13.1. The molecule has 8 nitrogen and oxygen atoms in total. The number of alkyl halides is 4. The van der Waals surface area contributed by atoms with Crippen molar-refractivity contribution in [2.75, 3.05) is 4.72 Å². The standard InChI is InChI=1S/C20H17ClF3N5O3S/c1-12(21)4-5-13(6-8-20(22,23)24)33(31,32)29-15-3-2-9-25-17(15)18(30)16-14-7-10-26-19(14)28-11-27-16/h2-7,9-12,29H,8H2,1H3,(H,26,27,28)/b5-4-,13-6+. The Morgan fingerprint density at radius 3 is 2.70 bits per heavy atom. The molecule has 3 aromatic heterocycles. The molecule has 3 rings (SSSR count). The van der Waals surface area contributed by atoms with Crippen LogP contribution in [0.3, 0.4) is 0 Å². The molecular weight excluding hydrogens is 483 g/mol. The Balaban J connectivity index is 2.00. The van der Waals surface area contributed by atoms with Gasteiger partial charge in [-0.05, 0) is 31.2 Å². The summed E-state index contributed by atoms with van der Waals surface area (Å²) < 4.78 is 66.1. The van der Waals surface area contributed by atoms with Gasteiger partial charge in [-0.25, -0.2) is 18.4 Å². The third-order valence-electron chi connectivity index (χ3n) is 4.21. The molecule has 0 saturated heterocycles. The minimum absolute atomic E-state index is 0.0240. The SMILES string of the molecule is CC(Cl)/C=C\C(=C/CC(F)(F)F)S(=O)(=O)Nc1cccnc1C(=O)c1ncnc2[nH]ccc12. The average Bonchev–Trinajstić information content (AvgIpc) is 3.21. The van der Waals surface area contributed by atoms with Crippen LogP contribution in [-0.4, -0.2) is 45.7 Å². The molecular formula is C20H17ClF3N5O3S. The summed E-state index contributed by atoms with van der Waals surface area (Å²) in [7, 11) is -4.53. The fraction of sp³-hybridized carbons (Fsp3) is 0.200. The number of nitrogens with one attached hydrogen (secondary N) is 2. The minimum atomic E-state index is -4.62. The van der Waals surface area contributed by atoms with E-state index in [4.69, 9.17) is 11.6 Å². The van der Waals surface area contributed by atoms with Gasteiger partial charge in [0.25, 0.3) is 10.0 Å². The van der Waals surface area contributed by atoms with Crippen molar-refractivity contribution in [3.63, 3.8) is 0 Å². The number of aromatic nitrogens is 4. The average molecular weight is 500 g/mol. The lowest BCUT2D eigenvalue weighted by molar-refractivity contribution is -0.125. The van der Waals surface area contributed by atoms with Crippen molar-refractivity contribution in [3.05, 3.63) is 71.4 Å². The van der Waals surface area contributed by atoms with Gasteiger partial charge in [-0.2, -0.15) is 13.2 Å². The molecule has 0 amide bonds. The highest BCUT2D eigenvalue weighted by Crippen LogP contribution is 2.26. The molecule has 3 aromatic rings. The number of H-pyrrole nitrogens is 1. The smallest absolute Gasteiger partial charge is 0.346 e. The first-order valence-corrected chi connectivity index (χ1v) is 11.3. The Morgan fingerprint density at radius 2 is 2.00 bits per heavy atom. The summed E-state index contributed by atoms with van der Waals surface area (Å²) in [5.41, 5.74) is -0.143. The van der Waals surface area contributed by atoms with E-state index in [9.17, 15) is 26.4 Å². The van der Waals surface area contributed by atoms with Gasteiger partial charge in [0.2, 0.25) is 5.78 Å². The third-order valence-corrected chi connectivity index (χ3v) is 5.76. The Labute approximate surface area is 191 Å². The highest BCUT2D eigenvalue weighted by atomic mass is 35.5. The van der Waals surface area contributed by atoms with Gasteiger partial charge in [-0.3, -0.25) is 14.5 Å². The summed E-state index contributed by atoms with van der Waals surface area (Å²) in [6.07, 6.45) is 0.606. The molecule has 174 valence electrons. The Bertz CT molecular complexity index is 1330. The number of pyridine rings is 1. The van der Waals surface area contributed by atoms with Crippen molar-refractivity contribution < 1.29 is 26.4 Å². The fourth-order valence-electron chi connectivity index (χ4n) is 2.75. The maximum Gasteiger partial charge on any atom is 0.392 e. The number of ketones is 1. The van der Waals surface area contributed by atoms with Crippen molar-refractivity contribution >= 4 is 44.1 Å². The van der Waals surface area contributed by atoms with E-state index in [1.807, 2.05) is 0 Å². The topological polar surface area (TPSA) is 118 Å². The number of carbonyl (C=O) groups is 1. The van der Waals surface area contributed by atoms with Gasteiger partial charge in [0, 0.05) is 23.2 Å². The summed E-state index contributed by atoms with van der Waals surface area (Å²) in [6, 6.07) is 4.21. The van der Waals surface area contributed by atoms with Crippen LogP contribution in [0, 0.1) is 0 Å². The number of aromatic amines is 1. The number of carbonyl (C=O) groups excluding carboxylic acids is 1. The molecule has 1 unspecified atom stereocenters. The Kier molecular flexibility index (Phi) is 7.18. The number of hydrogen-bond acceptors (Lipinski definition) is 6. The van der Waals surface area contributed by atoms with Crippen LogP contribution in [0.15, 0.2) is 60.1 Å². The number of halogens is 4. The van der Waals surface area contributed by atoms with E-state index in [1.54, 1.807) is 12.3 Å². The normalized spacial score (nSPS) is 14.0. The van der Waals surface area contributed by atoms with Crippen LogP contribution < -0.4 is 4.72 Å². The predicted octanol–water partition coefficient (Wildman–Crippen LogP) is 4.35. The number of hydrogen-bond donors (Lipinski definition) is 2. The van der Waals surface area contributed by atoms with Crippen LogP contribution in [0.2, 0.25) is 0 Å². The highest BCUT2D eigenvalue weighted by Gasteiger charge is 2.28. The molecule has 2 N–H and O–H groups in total. The summed E-state index contributed by atoms with van der Waals surface area (Å²) in [5.74, 6) is -0.703. The largest absolute Gasteiger partial charge is 0.392 e. The minimum Gasteiger partial charge on any atom is -0.346 e. The fourth-order valence-corrected chi connectivity index (χ4v) is 3.95. The van der Waals surface area contributed by atoms with Crippen molar-refractivity contribution in [1.29, 1.82) is 0 Å². The molecule has 0 aromatic carbocycles. The second kappa shape index (κ2) is 9.71. The predicted molar refractivity (Wildman–Crippen MR) is 117 cm³/mol. The number of allylic oxidation sites excluding steroid dienone is 3. The van der Waals surface area contributed by atoms with Gasteiger partial charge < -0.3 is 4.98 Å². The van der Waals surface area contributed by atoms with Crippen LogP contribution in [0.4, 0.5) is 18.9 Å². The maximum atomic E-state index is 13.1. The zero-order valence-electron chi connectivity index (χ0n) is 17.0. The van der Waals surface area contributed by atoms with Gasteiger partial charge in [0.15, 0.2) is 0 Å². The number of anilines is 1. The summed E-state index contributed by atoms with van der Waals surface area (Å²) in [4.78, 5) is 27.2. The van der Waals surface area contributed by atoms with Crippen LogP contribution in [-0.2, 0) is 10.0 Å². The molecule has 0 bridgehead atoms. The van der Waals surface area contributed by atoms with Crippen LogP contribution in [0.5, 0.6) is 0 Å². The molecule has 3 heterocycles. The van der Waals surface area contributed by atoms with Gasteiger partial charge in [0.1, 0.15) is 23.4 Å². The van der Waals surface area contributed by atoms with Crippen LogP contribution >= 0.6 is 11.6 Å². The summed E-state index contributed by atoms with van der Waals surface area (Å²) in [5, 5.41) is -0.238. The third kappa shape index (κ3) is 6.17. The molecule has 13 heteroatoms. The van der Waals surface area contributed by atoms with Gasteiger partial charge in [0.05, 0.1) is 17.0 Å². The lowest BCUT2D eigenvalue weighted by Gasteiger charge is -2.13. The summed E-state index contributed by atoms with van der Waals surface area (Å²) in [6.45, 7) is 1.51. The zero-order chi connectivity index (χ0) is 24.2. The van der Waals surface area contributed by atoms with E-state index in [-0.39, 0.29) is 17.1 Å². The van der Waals surface area contributed by atoms with E-state index in [2.05, 4.69) is 24.7 Å². The molecule has 0 aliphatic carbocycles. The molecule has 0 aliphatic rings. The number of nitrogens with zero attached hydrogens (tertiary/aromatic N) is 3. The van der Waals surface area contributed by atoms with Gasteiger partial charge in [-0.15, -0.1) is 11.6 Å². The van der Waals surface area contributed by atoms with E-state index in [1.165, 1.54) is 31.3 Å². The van der Waals surface area contributed by atoms with Crippen molar-refractivity contribution in [2.24, 2.45) is 0 Å². The molecule has 0 spiro atoms. The van der Waals surface area contributed by atoms with E-state index in [0.29, 0.717) is 17.1 Å².